The van der Waals surface area contributed by atoms with Crippen LogP contribution >= 0.6 is 0 Å². The molecule has 1 heterocycles. The van der Waals surface area contributed by atoms with Gasteiger partial charge >= 0.3 is 0 Å². The van der Waals surface area contributed by atoms with Crippen molar-refractivity contribution in [2.24, 2.45) is 0 Å². The molecular weight excluding hydrogens is 523 g/mol. The summed E-state index contributed by atoms with van der Waals surface area (Å²) in [6.07, 6.45) is 5.97. The number of benzene rings is 5. The van der Waals surface area contributed by atoms with E-state index in [4.69, 9.17) is 0 Å². The lowest BCUT2D eigenvalue weighted by atomic mass is 9.37. The lowest BCUT2D eigenvalue weighted by Gasteiger charge is -2.41. The molecule has 6 rings (SSSR count). The minimum Gasteiger partial charge on any atom is -0.327 e. The number of nitrogens with zero attached hydrogens (tertiary/aromatic N) is 2. The normalized spacial score (nSPS) is 11.6. The van der Waals surface area contributed by atoms with Crippen LogP contribution in [0.1, 0.15) is 31.9 Å². The maximum Gasteiger partial charge on any atom is 0.241 e. The zero-order valence-electron chi connectivity index (χ0n) is 24.8. The molecule has 0 unspecified atom stereocenters. The largest absolute Gasteiger partial charge is 0.327 e. The molecule has 0 saturated carbocycles. The second-order valence-electron chi connectivity index (χ2n) is 12.0. The van der Waals surface area contributed by atoms with Crippen molar-refractivity contribution in [1.82, 2.24) is 9.55 Å². The summed E-state index contributed by atoms with van der Waals surface area (Å²) in [5, 5.41) is 0.188. The van der Waals surface area contributed by atoms with Gasteiger partial charge < -0.3 is 4.57 Å². The highest BCUT2D eigenvalue weighted by Crippen LogP contribution is 2.39. The van der Waals surface area contributed by atoms with Gasteiger partial charge in [-0.3, -0.25) is 0 Å². The van der Waals surface area contributed by atoms with Crippen LogP contribution in [0.15, 0.2) is 170 Å². The molecule has 1 aromatic heterocycles. The topological polar surface area (TPSA) is 17.8 Å². The van der Waals surface area contributed by atoms with Gasteiger partial charge in [-0.2, -0.15) is 0 Å². The number of hydrogen-bond acceptors (Lipinski definition) is 1. The molecule has 0 N–H and O–H groups in total. The average molecular weight is 563 g/mol. The summed E-state index contributed by atoms with van der Waals surface area (Å²) in [4.78, 5) is 4.35. The van der Waals surface area contributed by atoms with Gasteiger partial charge in [0.2, 0.25) is 6.71 Å². The summed E-state index contributed by atoms with van der Waals surface area (Å²) in [6.45, 7) is 7.38. The van der Waals surface area contributed by atoms with E-state index in [2.05, 4.69) is 188 Å². The first kappa shape index (κ1) is 29.1. The second kappa shape index (κ2) is 13.5. The SMILES string of the molecule is CC(C)(C)[SiH2]C(c1ccccc1)(c1ccccc1)n1ccnc1.c1ccc(B(c2ccccc2)c2ccccc2)cc1. The van der Waals surface area contributed by atoms with Crippen LogP contribution in [0.25, 0.3) is 0 Å². The Labute approximate surface area is 254 Å². The van der Waals surface area contributed by atoms with Gasteiger partial charge in [0.1, 0.15) is 0 Å². The lowest BCUT2D eigenvalue weighted by molar-refractivity contribution is 0.564. The molecule has 5 aromatic carbocycles. The van der Waals surface area contributed by atoms with E-state index < -0.39 is 9.52 Å². The summed E-state index contributed by atoms with van der Waals surface area (Å²) < 4.78 is 2.31. The molecule has 0 aliphatic rings. The van der Waals surface area contributed by atoms with Crippen molar-refractivity contribution in [3.05, 3.63) is 182 Å². The molecule has 4 heteroatoms. The van der Waals surface area contributed by atoms with Crippen LogP contribution in [-0.4, -0.2) is 25.8 Å². The minimum atomic E-state index is -0.586. The van der Waals surface area contributed by atoms with Gasteiger partial charge in [0.05, 0.1) is 21.0 Å². The molecule has 0 spiro atoms. The third-order valence-electron chi connectivity index (χ3n) is 7.63. The van der Waals surface area contributed by atoms with Gasteiger partial charge in [0.25, 0.3) is 0 Å². The molecule has 0 aliphatic heterocycles. The second-order valence-corrected chi connectivity index (χ2v) is 15.5. The Balaban J connectivity index is 0.000000171. The summed E-state index contributed by atoms with van der Waals surface area (Å²) in [7, 11) is -0.586. The third-order valence-corrected chi connectivity index (χ3v) is 10.4. The van der Waals surface area contributed by atoms with Gasteiger partial charge in [-0.25, -0.2) is 4.98 Å². The van der Waals surface area contributed by atoms with E-state index in [9.17, 15) is 0 Å². The van der Waals surface area contributed by atoms with Crippen molar-refractivity contribution < 1.29 is 0 Å². The average Bonchev–Trinajstić information content (AvgIpc) is 3.58. The molecule has 2 nitrogen and oxygen atoms in total. The zero-order valence-corrected chi connectivity index (χ0v) is 26.3. The molecule has 208 valence electrons. The van der Waals surface area contributed by atoms with Crippen LogP contribution in [0.3, 0.4) is 0 Å². The molecule has 0 bridgehead atoms. The summed E-state index contributed by atoms with van der Waals surface area (Å²) >= 11 is 0. The van der Waals surface area contributed by atoms with Crippen molar-refractivity contribution in [3.8, 4) is 0 Å². The number of rotatable bonds is 7. The van der Waals surface area contributed by atoms with Crippen LogP contribution in [0.4, 0.5) is 0 Å². The Morgan fingerprint density at radius 2 is 0.881 bits per heavy atom. The van der Waals surface area contributed by atoms with Gasteiger partial charge in [-0.1, -0.05) is 189 Å². The van der Waals surface area contributed by atoms with E-state index in [-0.39, 0.29) is 5.16 Å². The Morgan fingerprint density at radius 3 is 1.19 bits per heavy atom. The lowest BCUT2D eigenvalue weighted by Crippen LogP contribution is -2.51. The number of aromatic nitrogens is 2. The van der Waals surface area contributed by atoms with Crippen LogP contribution in [0, 0.1) is 0 Å². The molecular formula is C38H39BN2Si. The van der Waals surface area contributed by atoms with E-state index >= 15 is 0 Å². The first-order chi connectivity index (χ1) is 20.5. The predicted octanol–water partition coefficient (Wildman–Crippen LogP) is 6.22. The van der Waals surface area contributed by atoms with E-state index in [0.717, 1.165) is 0 Å². The van der Waals surface area contributed by atoms with E-state index in [1.165, 1.54) is 27.5 Å². The van der Waals surface area contributed by atoms with E-state index in [1.807, 2.05) is 12.5 Å². The van der Waals surface area contributed by atoms with Crippen molar-refractivity contribution in [1.29, 1.82) is 0 Å². The van der Waals surface area contributed by atoms with Crippen LogP contribution < -0.4 is 16.4 Å². The van der Waals surface area contributed by atoms with Gasteiger partial charge in [-0.05, 0) is 16.2 Å². The van der Waals surface area contributed by atoms with Crippen molar-refractivity contribution in [3.63, 3.8) is 0 Å². The predicted molar refractivity (Wildman–Crippen MR) is 184 cm³/mol. The standard InChI is InChI=1S/C20H24N2Si.C18H15B/c1-19(2,3)23-20(22-15-14-21-16-22,17-10-6-4-7-11-17)18-12-8-5-9-13-18;1-4-10-16(11-5-1)19(17-12-6-2-7-13-17)18-14-8-3-9-15-18/h4-16H,23H2,1-3H3;1-15H. The van der Waals surface area contributed by atoms with Crippen LogP contribution in [0.2, 0.25) is 5.04 Å². The summed E-state index contributed by atoms with van der Waals surface area (Å²) in [5.74, 6) is 0. The Hall–Kier alpha value is -4.41. The summed E-state index contributed by atoms with van der Waals surface area (Å²) in [6, 6.07) is 53.8. The smallest absolute Gasteiger partial charge is 0.241 e. The fourth-order valence-electron chi connectivity index (χ4n) is 5.95. The van der Waals surface area contributed by atoms with E-state index in [0.29, 0.717) is 11.8 Å². The maximum absolute atomic E-state index is 4.35. The molecule has 0 fully saturated rings. The monoisotopic (exact) mass is 562 g/mol. The number of hydrogen-bond donors (Lipinski definition) is 0. The molecule has 42 heavy (non-hydrogen) atoms. The Bertz CT molecular complexity index is 1470. The molecule has 0 atom stereocenters. The first-order valence-corrected chi connectivity index (χ1v) is 16.1. The highest BCUT2D eigenvalue weighted by atomic mass is 28.2. The first-order valence-electron chi connectivity index (χ1n) is 14.7. The van der Waals surface area contributed by atoms with Crippen LogP contribution in [0.5, 0.6) is 0 Å². The van der Waals surface area contributed by atoms with Crippen molar-refractivity contribution >= 4 is 32.6 Å². The fraction of sp³-hybridized carbons (Fsp3) is 0.132. The summed E-state index contributed by atoms with van der Waals surface area (Å²) in [5.41, 5.74) is 6.70. The van der Waals surface area contributed by atoms with Gasteiger partial charge in [0.15, 0.2) is 0 Å². The molecule has 0 radical (unpaired) electrons. The van der Waals surface area contributed by atoms with E-state index in [1.54, 1.807) is 0 Å². The maximum atomic E-state index is 4.35. The van der Waals surface area contributed by atoms with Crippen molar-refractivity contribution in [2.75, 3.05) is 0 Å². The number of imidazole rings is 1. The van der Waals surface area contributed by atoms with Crippen LogP contribution in [-0.2, 0) is 5.16 Å². The minimum absolute atomic E-state index is 0.114. The molecule has 0 aliphatic carbocycles. The van der Waals surface area contributed by atoms with Gasteiger partial charge in [0, 0.05) is 12.4 Å². The molecule has 6 aromatic rings. The van der Waals surface area contributed by atoms with Gasteiger partial charge in [-0.15, -0.1) is 0 Å². The van der Waals surface area contributed by atoms with Crippen molar-refractivity contribution in [2.45, 2.75) is 31.0 Å². The Kier molecular flexibility index (Phi) is 9.35. The highest BCUT2D eigenvalue weighted by Gasteiger charge is 2.39. The Morgan fingerprint density at radius 1 is 0.524 bits per heavy atom. The molecule has 0 saturated heterocycles. The third kappa shape index (κ3) is 6.90. The zero-order chi connectivity index (χ0) is 29.3. The highest BCUT2D eigenvalue weighted by molar-refractivity contribution is 6.95. The molecule has 0 amide bonds. The quantitative estimate of drug-likeness (QED) is 0.211. The fourth-order valence-corrected chi connectivity index (χ4v) is 8.74.